The highest BCUT2D eigenvalue weighted by atomic mass is 16.5. The zero-order chi connectivity index (χ0) is 9.84. The van der Waals surface area contributed by atoms with Crippen LogP contribution in [0.5, 0.6) is 0 Å². The fourth-order valence-electron chi connectivity index (χ4n) is 1.37. The number of nitrogens with two attached hydrogens (primary N) is 1. The summed E-state index contributed by atoms with van der Waals surface area (Å²) in [7, 11) is 1.60. The molecular formula is C9H14N2O2. The molecule has 0 bridgehead atoms. The number of carbonyl (C=O) groups excluding carboxylic acids is 1. The van der Waals surface area contributed by atoms with Crippen molar-refractivity contribution < 1.29 is 9.53 Å². The van der Waals surface area contributed by atoms with E-state index in [1.807, 2.05) is 6.08 Å². The fourth-order valence-corrected chi connectivity index (χ4v) is 1.37. The normalized spacial score (nSPS) is 22.7. The van der Waals surface area contributed by atoms with Crippen LogP contribution in [0.25, 0.3) is 0 Å². The van der Waals surface area contributed by atoms with Gasteiger partial charge >= 0.3 is 0 Å². The monoisotopic (exact) mass is 182 g/mol. The van der Waals surface area contributed by atoms with Gasteiger partial charge in [-0.15, -0.1) is 0 Å². The fraction of sp³-hybridized carbons (Fsp3) is 0.556. The first-order chi connectivity index (χ1) is 6.19. The minimum absolute atomic E-state index is 0.158. The van der Waals surface area contributed by atoms with Crippen molar-refractivity contribution in [3.63, 3.8) is 0 Å². The summed E-state index contributed by atoms with van der Waals surface area (Å²) in [6.07, 6.45) is 1.86. The molecule has 0 aromatic rings. The Morgan fingerprint density at radius 1 is 1.69 bits per heavy atom. The number of allylic oxidation sites excluding steroid dienone is 1. The Bertz CT molecular complexity index is 269. The van der Waals surface area contributed by atoms with Gasteiger partial charge in [-0.2, -0.15) is 0 Å². The van der Waals surface area contributed by atoms with Crippen molar-refractivity contribution in [2.75, 3.05) is 20.3 Å². The summed E-state index contributed by atoms with van der Waals surface area (Å²) >= 11 is 0. The third-order valence-corrected chi connectivity index (χ3v) is 1.97. The molecule has 0 radical (unpaired) electrons. The molecule has 0 aromatic heterocycles. The molecular weight excluding hydrogens is 168 g/mol. The van der Waals surface area contributed by atoms with Gasteiger partial charge in [-0.1, -0.05) is 0 Å². The summed E-state index contributed by atoms with van der Waals surface area (Å²) in [5.74, 6) is -0.446. The zero-order valence-electron chi connectivity index (χ0n) is 7.91. The van der Waals surface area contributed by atoms with Gasteiger partial charge in [0.25, 0.3) is 5.91 Å². The van der Waals surface area contributed by atoms with Crippen molar-refractivity contribution in [1.82, 2.24) is 0 Å². The van der Waals surface area contributed by atoms with Gasteiger partial charge in [0.05, 0.1) is 12.5 Å². The van der Waals surface area contributed by atoms with Crippen LogP contribution in [0.4, 0.5) is 0 Å². The average molecular weight is 182 g/mol. The van der Waals surface area contributed by atoms with Crippen LogP contribution in [0.15, 0.2) is 16.6 Å². The molecule has 1 aliphatic rings. The maximum Gasteiger partial charge on any atom is 0.254 e. The van der Waals surface area contributed by atoms with Gasteiger partial charge in [0.15, 0.2) is 0 Å². The van der Waals surface area contributed by atoms with Crippen LogP contribution in [0.2, 0.25) is 0 Å². The van der Waals surface area contributed by atoms with Crippen molar-refractivity contribution in [2.45, 2.75) is 6.92 Å². The molecule has 1 atom stereocenters. The Balaban J connectivity index is 2.86. The molecule has 1 heterocycles. The van der Waals surface area contributed by atoms with Gasteiger partial charge in [-0.25, -0.2) is 4.99 Å². The standard InChI is InChI=1S/C9H14N2O2/c1-6-3-7(5-13-2)8(4-10)9(12)11-6/h3,8H,4-5,10H2,1-2H3. The Kier molecular flexibility index (Phi) is 3.33. The van der Waals surface area contributed by atoms with Crippen LogP contribution in [0.1, 0.15) is 6.92 Å². The Labute approximate surface area is 77.5 Å². The van der Waals surface area contributed by atoms with E-state index < -0.39 is 0 Å². The van der Waals surface area contributed by atoms with Gasteiger partial charge in [-0.3, -0.25) is 4.79 Å². The summed E-state index contributed by atoms with van der Waals surface area (Å²) in [6, 6.07) is 0. The van der Waals surface area contributed by atoms with E-state index in [2.05, 4.69) is 4.99 Å². The van der Waals surface area contributed by atoms with Gasteiger partial charge in [0.2, 0.25) is 0 Å². The average Bonchev–Trinajstić information content (AvgIpc) is 2.04. The van der Waals surface area contributed by atoms with Crippen molar-refractivity contribution in [1.29, 1.82) is 0 Å². The molecule has 0 spiro atoms. The number of hydrogen-bond donors (Lipinski definition) is 1. The lowest BCUT2D eigenvalue weighted by Crippen LogP contribution is -2.29. The van der Waals surface area contributed by atoms with Gasteiger partial charge in [-0.05, 0) is 18.6 Å². The predicted molar refractivity (Wildman–Crippen MR) is 50.6 cm³/mol. The van der Waals surface area contributed by atoms with Crippen molar-refractivity contribution in [3.8, 4) is 0 Å². The Morgan fingerprint density at radius 2 is 2.38 bits per heavy atom. The summed E-state index contributed by atoms with van der Waals surface area (Å²) in [5, 5.41) is 0. The van der Waals surface area contributed by atoms with E-state index in [1.54, 1.807) is 14.0 Å². The van der Waals surface area contributed by atoms with Crippen LogP contribution in [-0.2, 0) is 9.53 Å². The lowest BCUT2D eigenvalue weighted by molar-refractivity contribution is -0.120. The summed E-state index contributed by atoms with van der Waals surface area (Å²) in [4.78, 5) is 15.2. The number of aliphatic imine (C=N–C) groups is 1. The van der Waals surface area contributed by atoms with Crippen molar-refractivity contribution >= 4 is 11.6 Å². The van der Waals surface area contributed by atoms with Crippen LogP contribution in [0, 0.1) is 5.92 Å². The summed E-state index contributed by atoms with van der Waals surface area (Å²) in [5.41, 5.74) is 7.12. The van der Waals surface area contributed by atoms with E-state index in [-0.39, 0.29) is 11.8 Å². The lowest BCUT2D eigenvalue weighted by Gasteiger charge is -2.18. The second kappa shape index (κ2) is 4.30. The molecule has 0 saturated carbocycles. The third-order valence-electron chi connectivity index (χ3n) is 1.97. The molecule has 1 aliphatic heterocycles. The van der Waals surface area contributed by atoms with Crippen LogP contribution in [-0.4, -0.2) is 31.9 Å². The molecule has 4 heteroatoms. The number of hydrogen-bond acceptors (Lipinski definition) is 3. The lowest BCUT2D eigenvalue weighted by atomic mass is 9.95. The first-order valence-corrected chi connectivity index (χ1v) is 4.17. The van der Waals surface area contributed by atoms with Gasteiger partial charge < -0.3 is 10.5 Å². The van der Waals surface area contributed by atoms with Gasteiger partial charge in [0, 0.05) is 19.4 Å². The SMILES string of the molecule is COCC1=CC(C)=NC(=O)C1CN. The highest BCUT2D eigenvalue weighted by molar-refractivity contribution is 6.05. The number of dihydropyridines is 1. The van der Waals surface area contributed by atoms with Crippen molar-refractivity contribution in [3.05, 3.63) is 11.6 Å². The third kappa shape index (κ3) is 2.23. The minimum Gasteiger partial charge on any atom is -0.380 e. The molecule has 2 N–H and O–H groups in total. The molecule has 0 aliphatic carbocycles. The maximum absolute atomic E-state index is 11.4. The molecule has 4 nitrogen and oxygen atoms in total. The highest BCUT2D eigenvalue weighted by Crippen LogP contribution is 2.16. The molecule has 1 unspecified atom stereocenters. The largest absolute Gasteiger partial charge is 0.380 e. The zero-order valence-corrected chi connectivity index (χ0v) is 7.91. The predicted octanol–water partition coefficient (Wildman–Crippen LogP) is 0.135. The molecule has 13 heavy (non-hydrogen) atoms. The van der Waals surface area contributed by atoms with E-state index in [0.29, 0.717) is 13.2 Å². The molecule has 72 valence electrons. The van der Waals surface area contributed by atoms with Crippen LogP contribution < -0.4 is 5.73 Å². The van der Waals surface area contributed by atoms with E-state index in [1.165, 1.54) is 0 Å². The number of methoxy groups -OCH3 is 1. The first kappa shape index (κ1) is 10.1. The molecule has 0 saturated heterocycles. The van der Waals surface area contributed by atoms with Crippen LogP contribution >= 0.6 is 0 Å². The number of carbonyl (C=O) groups is 1. The topological polar surface area (TPSA) is 64.7 Å². The second-order valence-corrected chi connectivity index (χ2v) is 3.03. The summed E-state index contributed by atoms with van der Waals surface area (Å²) in [6.45, 7) is 2.53. The smallest absolute Gasteiger partial charge is 0.254 e. The van der Waals surface area contributed by atoms with Crippen molar-refractivity contribution in [2.24, 2.45) is 16.6 Å². The molecule has 0 fully saturated rings. The number of rotatable bonds is 3. The maximum atomic E-state index is 11.4. The van der Waals surface area contributed by atoms with E-state index in [0.717, 1.165) is 11.3 Å². The van der Waals surface area contributed by atoms with Gasteiger partial charge in [0.1, 0.15) is 0 Å². The molecule has 1 rings (SSSR count). The molecule has 1 amide bonds. The van der Waals surface area contributed by atoms with E-state index in [9.17, 15) is 4.79 Å². The first-order valence-electron chi connectivity index (χ1n) is 4.17. The number of ether oxygens (including phenoxy) is 1. The number of nitrogens with zero attached hydrogens (tertiary/aromatic N) is 1. The Hall–Kier alpha value is -1.00. The quantitative estimate of drug-likeness (QED) is 0.675. The van der Waals surface area contributed by atoms with E-state index >= 15 is 0 Å². The Morgan fingerprint density at radius 3 is 2.92 bits per heavy atom. The summed E-state index contributed by atoms with van der Waals surface area (Å²) < 4.78 is 4.98. The highest BCUT2D eigenvalue weighted by Gasteiger charge is 2.24. The van der Waals surface area contributed by atoms with E-state index in [4.69, 9.17) is 10.5 Å². The number of amides is 1. The second-order valence-electron chi connectivity index (χ2n) is 3.03. The minimum atomic E-state index is -0.288. The molecule has 0 aromatic carbocycles. The van der Waals surface area contributed by atoms with Crippen LogP contribution in [0.3, 0.4) is 0 Å².